The molecule has 1 unspecified atom stereocenters. The van der Waals surface area contributed by atoms with E-state index in [1.807, 2.05) is 7.05 Å². The SMILES string of the molecule is CCCNc1ncnc(N(C)CC2CCCOC2)c1OC. The number of methoxy groups -OCH3 is 1. The van der Waals surface area contributed by atoms with Crippen LogP contribution in [0.15, 0.2) is 6.33 Å². The first-order valence-electron chi connectivity index (χ1n) is 7.68. The number of aromatic nitrogens is 2. The van der Waals surface area contributed by atoms with Crippen LogP contribution in [-0.2, 0) is 4.74 Å². The molecule has 1 N–H and O–H groups in total. The maximum Gasteiger partial charge on any atom is 0.204 e. The molecule has 0 radical (unpaired) electrons. The fourth-order valence-corrected chi connectivity index (χ4v) is 2.62. The number of nitrogens with one attached hydrogen (secondary N) is 1. The van der Waals surface area contributed by atoms with E-state index in [2.05, 4.69) is 27.1 Å². The molecule has 118 valence electrons. The Morgan fingerprint density at radius 1 is 1.48 bits per heavy atom. The van der Waals surface area contributed by atoms with Crippen molar-refractivity contribution in [2.45, 2.75) is 26.2 Å². The summed E-state index contributed by atoms with van der Waals surface area (Å²) >= 11 is 0. The van der Waals surface area contributed by atoms with Gasteiger partial charge in [-0.2, -0.15) is 0 Å². The van der Waals surface area contributed by atoms with Gasteiger partial charge in [-0.15, -0.1) is 0 Å². The van der Waals surface area contributed by atoms with Crippen LogP contribution in [0.3, 0.4) is 0 Å². The molecule has 1 aliphatic heterocycles. The molecule has 0 spiro atoms. The number of anilines is 2. The van der Waals surface area contributed by atoms with E-state index in [1.54, 1.807) is 13.4 Å². The van der Waals surface area contributed by atoms with Crippen LogP contribution in [0.2, 0.25) is 0 Å². The van der Waals surface area contributed by atoms with Crippen molar-refractivity contribution in [3.63, 3.8) is 0 Å². The summed E-state index contributed by atoms with van der Waals surface area (Å²) in [7, 11) is 3.71. The van der Waals surface area contributed by atoms with Crippen molar-refractivity contribution >= 4 is 11.6 Å². The first kappa shape index (κ1) is 15.8. The van der Waals surface area contributed by atoms with Gasteiger partial charge in [0.1, 0.15) is 6.33 Å². The van der Waals surface area contributed by atoms with Gasteiger partial charge in [0.25, 0.3) is 0 Å². The largest absolute Gasteiger partial charge is 0.490 e. The second kappa shape index (κ2) is 8.02. The molecule has 1 aliphatic rings. The van der Waals surface area contributed by atoms with Gasteiger partial charge in [0.05, 0.1) is 13.7 Å². The molecule has 0 amide bonds. The number of hydrogen-bond acceptors (Lipinski definition) is 6. The monoisotopic (exact) mass is 294 g/mol. The predicted octanol–water partition coefficient (Wildman–Crippen LogP) is 2.17. The molecule has 21 heavy (non-hydrogen) atoms. The summed E-state index contributed by atoms with van der Waals surface area (Å²) in [5.74, 6) is 2.86. The van der Waals surface area contributed by atoms with Gasteiger partial charge in [-0.05, 0) is 25.2 Å². The molecular weight excluding hydrogens is 268 g/mol. The third-order valence-electron chi connectivity index (χ3n) is 3.68. The summed E-state index contributed by atoms with van der Waals surface area (Å²) in [6.45, 7) is 5.63. The zero-order valence-corrected chi connectivity index (χ0v) is 13.3. The minimum atomic E-state index is 0.551. The van der Waals surface area contributed by atoms with Gasteiger partial charge in [0, 0.05) is 26.7 Å². The zero-order chi connectivity index (χ0) is 15.1. The van der Waals surface area contributed by atoms with E-state index >= 15 is 0 Å². The Balaban J connectivity index is 2.09. The molecule has 0 bridgehead atoms. The van der Waals surface area contributed by atoms with Gasteiger partial charge in [-0.1, -0.05) is 6.92 Å². The van der Waals surface area contributed by atoms with Crippen LogP contribution < -0.4 is 15.0 Å². The van der Waals surface area contributed by atoms with Gasteiger partial charge in [0.15, 0.2) is 11.6 Å². The molecule has 1 aromatic rings. The van der Waals surface area contributed by atoms with Crippen molar-refractivity contribution < 1.29 is 9.47 Å². The first-order valence-corrected chi connectivity index (χ1v) is 7.68. The van der Waals surface area contributed by atoms with E-state index in [0.717, 1.165) is 50.8 Å². The molecule has 1 fully saturated rings. The highest BCUT2D eigenvalue weighted by Crippen LogP contribution is 2.32. The smallest absolute Gasteiger partial charge is 0.204 e. The fraction of sp³-hybridized carbons (Fsp3) is 0.733. The molecule has 6 nitrogen and oxygen atoms in total. The van der Waals surface area contributed by atoms with Gasteiger partial charge in [-0.3, -0.25) is 0 Å². The van der Waals surface area contributed by atoms with E-state index in [9.17, 15) is 0 Å². The molecule has 1 saturated heterocycles. The topological polar surface area (TPSA) is 59.5 Å². The highest BCUT2D eigenvalue weighted by Gasteiger charge is 2.20. The summed E-state index contributed by atoms with van der Waals surface area (Å²) < 4.78 is 11.1. The number of ether oxygens (including phenoxy) is 2. The maximum atomic E-state index is 5.55. The highest BCUT2D eigenvalue weighted by molar-refractivity contribution is 5.64. The number of hydrogen-bond donors (Lipinski definition) is 1. The van der Waals surface area contributed by atoms with E-state index in [-0.39, 0.29) is 0 Å². The molecule has 6 heteroatoms. The van der Waals surface area contributed by atoms with Crippen LogP contribution in [0, 0.1) is 5.92 Å². The maximum absolute atomic E-state index is 5.55. The van der Waals surface area contributed by atoms with E-state index in [4.69, 9.17) is 9.47 Å². The Labute approximate surface area is 126 Å². The summed E-state index contributed by atoms with van der Waals surface area (Å²) in [4.78, 5) is 10.8. The first-order chi connectivity index (χ1) is 10.3. The molecule has 1 aromatic heterocycles. The van der Waals surface area contributed by atoms with Crippen LogP contribution >= 0.6 is 0 Å². The van der Waals surface area contributed by atoms with E-state index in [0.29, 0.717) is 11.7 Å². The third kappa shape index (κ3) is 4.20. The van der Waals surface area contributed by atoms with E-state index < -0.39 is 0 Å². The van der Waals surface area contributed by atoms with Crippen molar-refractivity contribution in [1.29, 1.82) is 0 Å². The van der Waals surface area contributed by atoms with Crippen molar-refractivity contribution in [1.82, 2.24) is 9.97 Å². The standard InChI is InChI=1S/C15H26N4O2/c1-4-7-16-14-13(20-3)15(18-11-17-14)19(2)9-12-6-5-8-21-10-12/h11-12H,4-10H2,1-3H3,(H,16,17,18). The van der Waals surface area contributed by atoms with Gasteiger partial charge in [0.2, 0.25) is 5.75 Å². The number of rotatable bonds is 7. The summed E-state index contributed by atoms with van der Waals surface area (Å²) in [6, 6.07) is 0. The van der Waals surface area contributed by atoms with Crippen LogP contribution in [0.1, 0.15) is 26.2 Å². The van der Waals surface area contributed by atoms with Crippen molar-refractivity contribution in [2.24, 2.45) is 5.92 Å². The Morgan fingerprint density at radius 2 is 2.33 bits per heavy atom. The average Bonchev–Trinajstić information content (AvgIpc) is 2.53. The Kier molecular flexibility index (Phi) is 6.04. The molecule has 0 aromatic carbocycles. The van der Waals surface area contributed by atoms with Crippen LogP contribution in [0.25, 0.3) is 0 Å². The predicted molar refractivity (Wildman–Crippen MR) is 84.2 cm³/mol. The van der Waals surface area contributed by atoms with Crippen LogP contribution in [0.4, 0.5) is 11.6 Å². The lowest BCUT2D eigenvalue weighted by Crippen LogP contribution is -2.31. The lowest BCUT2D eigenvalue weighted by molar-refractivity contribution is 0.0575. The molecular formula is C15H26N4O2. The minimum absolute atomic E-state index is 0.551. The molecule has 0 aliphatic carbocycles. The molecule has 2 heterocycles. The summed E-state index contributed by atoms with van der Waals surface area (Å²) in [5.41, 5.74) is 0. The number of nitrogens with zero attached hydrogens (tertiary/aromatic N) is 3. The van der Waals surface area contributed by atoms with Crippen molar-refractivity contribution in [2.75, 3.05) is 50.7 Å². The quantitative estimate of drug-likeness (QED) is 0.831. The minimum Gasteiger partial charge on any atom is -0.490 e. The van der Waals surface area contributed by atoms with Crippen LogP contribution in [0.5, 0.6) is 5.75 Å². The lowest BCUT2D eigenvalue weighted by Gasteiger charge is -2.28. The molecule has 1 atom stereocenters. The summed E-state index contributed by atoms with van der Waals surface area (Å²) in [5, 5.41) is 3.29. The second-order valence-electron chi connectivity index (χ2n) is 5.47. The zero-order valence-electron chi connectivity index (χ0n) is 13.3. The Hall–Kier alpha value is -1.56. The normalized spacial score (nSPS) is 18.3. The van der Waals surface area contributed by atoms with Crippen LogP contribution in [-0.4, -0.2) is 50.4 Å². The van der Waals surface area contributed by atoms with Gasteiger partial charge < -0.3 is 19.7 Å². The fourth-order valence-electron chi connectivity index (χ4n) is 2.62. The highest BCUT2D eigenvalue weighted by atomic mass is 16.5. The summed E-state index contributed by atoms with van der Waals surface area (Å²) in [6.07, 6.45) is 4.98. The molecule has 0 saturated carbocycles. The lowest BCUT2D eigenvalue weighted by atomic mass is 10.0. The van der Waals surface area contributed by atoms with Crippen molar-refractivity contribution in [3.05, 3.63) is 6.33 Å². The van der Waals surface area contributed by atoms with Gasteiger partial charge in [-0.25, -0.2) is 9.97 Å². The van der Waals surface area contributed by atoms with Gasteiger partial charge >= 0.3 is 0 Å². The van der Waals surface area contributed by atoms with Crippen molar-refractivity contribution in [3.8, 4) is 5.75 Å². The molecule has 2 rings (SSSR count). The average molecular weight is 294 g/mol. The Bertz CT molecular complexity index is 436. The van der Waals surface area contributed by atoms with E-state index in [1.165, 1.54) is 6.42 Å². The Morgan fingerprint density at radius 3 is 3.00 bits per heavy atom. The third-order valence-corrected chi connectivity index (χ3v) is 3.68. The second-order valence-corrected chi connectivity index (χ2v) is 5.47.